The van der Waals surface area contributed by atoms with Gasteiger partial charge in [-0.1, -0.05) is 0 Å². The van der Waals surface area contributed by atoms with Crippen molar-refractivity contribution in [2.75, 3.05) is 0 Å². The number of hydrogen-bond acceptors (Lipinski definition) is 4. The second-order valence-corrected chi connectivity index (χ2v) is 4.42. The molecule has 4 nitrogen and oxygen atoms in total. The van der Waals surface area contributed by atoms with Gasteiger partial charge < -0.3 is 4.74 Å². The highest BCUT2D eigenvalue weighted by molar-refractivity contribution is 6.05. The van der Waals surface area contributed by atoms with Gasteiger partial charge in [-0.05, 0) is 32.9 Å². The lowest BCUT2D eigenvalue weighted by molar-refractivity contribution is -0.153. The average Bonchev–Trinajstić information content (AvgIpc) is 2.16. The van der Waals surface area contributed by atoms with Crippen LogP contribution in [0.15, 0.2) is 24.5 Å². The topological polar surface area (TPSA) is 56.3 Å². The number of carbonyl (C=O) groups excluding carboxylic acids is 2. The van der Waals surface area contributed by atoms with Crippen LogP contribution in [0.25, 0.3) is 0 Å². The lowest BCUT2D eigenvalue weighted by atomic mass is 10.1. The molecular weight excluding hydrogens is 206 g/mol. The summed E-state index contributed by atoms with van der Waals surface area (Å²) in [6.07, 6.45) is 2.80. The van der Waals surface area contributed by atoms with Crippen LogP contribution in [0.5, 0.6) is 0 Å². The number of esters is 1. The van der Waals surface area contributed by atoms with Crippen LogP contribution >= 0.6 is 0 Å². The van der Waals surface area contributed by atoms with Crippen molar-refractivity contribution >= 4 is 11.8 Å². The molecule has 0 aliphatic rings. The molecule has 1 heterocycles. The second kappa shape index (κ2) is 4.88. The highest BCUT2D eigenvalue weighted by Gasteiger charge is 2.19. The smallest absolute Gasteiger partial charge is 0.314 e. The molecule has 0 aromatic carbocycles. The summed E-state index contributed by atoms with van der Waals surface area (Å²) in [6.45, 7) is 5.30. The third-order valence-corrected chi connectivity index (χ3v) is 1.73. The summed E-state index contributed by atoms with van der Waals surface area (Å²) in [5.74, 6) is -0.758. The fourth-order valence-corrected chi connectivity index (χ4v) is 1.15. The Labute approximate surface area is 94.6 Å². The van der Waals surface area contributed by atoms with Crippen LogP contribution in [0.2, 0.25) is 0 Å². The molecule has 4 heteroatoms. The SMILES string of the molecule is CC(C)(C)OC(=O)CC(=O)c1ccncc1. The molecule has 0 atom stereocenters. The second-order valence-electron chi connectivity index (χ2n) is 4.42. The number of hydrogen-bond donors (Lipinski definition) is 0. The van der Waals surface area contributed by atoms with E-state index in [0.717, 1.165) is 0 Å². The van der Waals surface area contributed by atoms with E-state index in [2.05, 4.69) is 4.98 Å². The Morgan fingerprint density at radius 2 is 1.81 bits per heavy atom. The molecule has 0 spiro atoms. The number of ketones is 1. The van der Waals surface area contributed by atoms with Crippen LogP contribution in [-0.4, -0.2) is 22.3 Å². The predicted octanol–water partition coefficient (Wildman–Crippen LogP) is 2.00. The Bertz CT molecular complexity index is 379. The normalized spacial score (nSPS) is 10.9. The highest BCUT2D eigenvalue weighted by Crippen LogP contribution is 2.10. The van der Waals surface area contributed by atoms with E-state index in [1.165, 1.54) is 12.4 Å². The quantitative estimate of drug-likeness (QED) is 0.445. The zero-order valence-corrected chi connectivity index (χ0v) is 9.69. The molecule has 0 saturated carbocycles. The summed E-state index contributed by atoms with van der Waals surface area (Å²) < 4.78 is 5.05. The van der Waals surface area contributed by atoms with Crippen molar-refractivity contribution in [3.8, 4) is 0 Å². The van der Waals surface area contributed by atoms with Gasteiger partial charge in [0.1, 0.15) is 12.0 Å². The fraction of sp³-hybridized carbons (Fsp3) is 0.417. The molecule has 86 valence electrons. The van der Waals surface area contributed by atoms with Crippen molar-refractivity contribution < 1.29 is 14.3 Å². The van der Waals surface area contributed by atoms with E-state index in [9.17, 15) is 9.59 Å². The molecule has 0 fully saturated rings. The molecule has 0 saturated heterocycles. The van der Waals surface area contributed by atoms with E-state index >= 15 is 0 Å². The van der Waals surface area contributed by atoms with Gasteiger partial charge in [-0.25, -0.2) is 0 Å². The fourth-order valence-electron chi connectivity index (χ4n) is 1.15. The molecule has 0 unspecified atom stereocenters. The van der Waals surface area contributed by atoms with Gasteiger partial charge >= 0.3 is 5.97 Å². The van der Waals surface area contributed by atoms with Gasteiger partial charge in [0.05, 0.1) is 0 Å². The molecule has 0 amide bonds. The van der Waals surface area contributed by atoms with E-state index < -0.39 is 11.6 Å². The number of nitrogens with zero attached hydrogens (tertiary/aromatic N) is 1. The standard InChI is InChI=1S/C12H15NO3/c1-12(2,3)16-11(15)8-10(14)9-4-6-13-7-5-9/h4-7H,8H2,1-3H3. The molecule has 0 aliphatic heterocycles. The van der Waals surface area contributed by atoms with Gasteiger partial charge in [-0.15, -0.1) is 0 Å². The minimum absolute atomic E-state index is 0.235. The lowest BCUT2D eigenvalue weighted by Crippen LogP contribution is -2.25. The largest absolute Gasteiger partial charge is 0.460 e. The summed E-state index contributed by atoms with van der Waals surface area (Å²) in [6, 6.07) is 3.15. The van der Waals surface area contributed by atoms with Crippen LogP contribution in [0, 0.1) is 0 Å². The van der Waals surface area contributed by atoms with Crippen molar-refractivity contribution in [1.82, 2.24) is 4.98 Å². The Balaban J connectivity index is 2.56. The maximum absolute atomic E-state index is 11.6. The first-order valence-corrected chi connectivity index (χ1v) is 5.03. The molecule has 0 N–H and O–H groups in total. The van der Waals surface area contributed by atoms with Crippen LogP contribution in [0.3, 0.4) is 0 Å². The first-order valence-electron chi connectivity index (χ1n) is 5.03. The third kappa shape index (κ3) is 4.21. The number of pyridine rings is 1. The Morgan fingerprint density at radius 1 is 1.25 bits per heavy atom. The number of ether oxygens (including phenoxy) is 1. The number of carbonyl (C=O) groups is 2. The molecule has 1 aromatic rings. The van der Waals surface area contributed by atoms with Crippen molar-refractivity contribution in [2.24, 2.45) is 0 Å². The first kappa shape index (κ1) is 12.4. The Hall–Kier alpha value is -1.71. The van der Waals surface area contributed by atoms with Gasteiger partial charge in [-0.3, -0.25) is 14.6 Å². The highest BCUT2D eigenvalue weighted by atomic mass is 16.6. The van der Waals surface area contributed by atoms with E-state index in [4.69, 9.17) is 4.74 Å². The molecule has 0 bridgehead atoms. The number of aromatic nitrogens is 1. The van der Waals surface area contributed by atoms with E-state index in [-0.39, 0.29) is 12.2 Å². The van der Waals surface area contributed by atoms with E-state index in [1.54, 1.807) is 32.9 Å². The van der Waals surface area contributed by atoms with Gasteiger partial charge in [0.25, 0.3) is 0 Å². The molecule has 0 radical (unpaired) electrons. The van der Waals surface area contributed by atoms with Gasteiger partial charge in [-0.2, -0.15) is 0 Å². The Morgan fingerprint density at radius 3 is 2.31 bits per heavy atom. The lowest BCUT2D eigenvalue weighted by Gasteiger charge is -2.19. The molecular formula is C12H15NO3. The summed E-state index contributed by atoms with van der Waals surface area (Å²) in [4.78, 5) is 26.8. The van der Waals surface area contributed by atoms with Crippen LogP contribution in [-0.2, 0) is 9.53 Å². The molecule has 1 aromatic heterocycles. The minimum Gasteiger partial charge on any atom is -0.460 e. The van der Waals surface area contributed by atoms with Crippen molar-refractivity contribution in [3.63, 3.8) is 0 Å². The number of rotatable bonds is 3. The first-order chi connectivity index (χ1) is 7.38. The number of Topliss-reactive ketones (excluding diaryl/α,β-unsaturated/α-hetero) is 1. The van der Waals surface area contributed by atoms with Crippen LogP contribution < -0.4 is 0 Å². The Kier molecular flexibility index (Phi) is 3.77. The zero-order chi connectivity index (χ0) is 12.2. The van der Waals surface area contributed by atoms with Crippen LogP contribution in [0.4, 0.5) is 0 Å². The molecule has 1 rings (SSSR count). The van der Waals surface area contributed by atoms with Crippen molar-refractivity contribution in [2.45, 2.75) is 32.8 Å². The van der Waals surface area contributed by atoms with Gasteiger partial charge in [0, 0.05) is 18.0 Å². The summed E-state index contributed by atoms with van der Waals surface area (Å²) >= 11 is 0. The average molecular weight is 221 g/mol. The van der Waals surface area contributed by atoms with Crippen LogP contribution in [0.1, 0.15) is 37.6 Å². The molecule has 16 heavy (non-hydrogen) atoms. The maximum atomic E-state index is 11.6. The van der Waals surface area contributed by atoms with Crippen molar-refractivity contribution in [3.05, 3.63) is 30.1 Å². The van der Waals surface area contributed by atoms with Crippen molar-refractivity contribution in [1.29, 1.82) is 0 Å². The maximum Gasteiger partial charge on any atom is 0.314 e. The van der Waals surface area contributed by atoms with E-state index in [1.807, 2.05) is 0 Å². The van der Waals surface area contributed by atoms with E-state index in [0.29, 0.717) is 5.56 Å². The third-order valence-electron chi connectivity index (χ3n) is 1.73. The minimum atomic E-state index is -0.560. The monoisotopic (exact) mass is 221 g/mol. The summed E-state index contributed by atoms with van der Waals surface area (Å²) in [5, 5.41) is 0. The van der Waals surface area contributed by atoms with Gasteiger partial charge in [0.2, 0.25) is 0 Å². The predicted molar refractivity (Wildman–Crippen MR) is 59.0 cm³/mol. The molecule has 0 aliphatic carbocycles. The summed E-state index contributed by atoms with van der Waals surface area (Å²) in [7, 11) is 0. The summed E-state index contributed by atoms with van der Waals surface area (Å²) in [5.41, 5.74) is -0.0869. The van der Waals surface area contributed by atoms with Gasteiger partial charge in [0.15, 0.2) is 5.78 Å². The zero-order valence-electron chi connectivity index (χ0n) is 9.69.